The van der Waals surface area contributed by atoms with Crippen molar-refractivity contribution in [2.24, 2.45) is 5.11 Å². The number of nitrogens with one attached hydrogen (secondary N) is 2. The maximum atomic E-state index is 13.6. The molecule has 5 atom stereocenters. The lowest BCUT2D eigenvalue weighted by Crippen LogP contribution is -2.36. The maximum Gasteiger partial charge on any atom is 0.406 e. The summed E-state index contributed by atoms with van der Waals surface area (Å²) in [4.78, 5) is 40.9. The number of methoxy groups -OCH3 is 1. The zero-order chi connectivity index (χ0) is 25.6. The molecule has 194 valence electrons. The molecular weight excluding hydrogens is 483 g/mol. The average molecular weight is 514 g/mol. The summed E-state index contributed by atoms with van der Waals surface area (Å²) in [6, 6.07) is -1.72. The monoisotopic (exact) mass is 514 g/mol. The molecule has 1 aliphatic carbocycles. The number of carbonyl (C=O) groups excluding carboxylic acids is 1. The van der Waals surface area contributed by atoms with Gasteiger partial charge in [-0.25, -0.2) is 14.4 Å². The molecule has 2 N–H and O–H groups in total. The van der Waals surface area contributed by atoms with Crippen LogP contribution in [-0.2, 0) is 27.9 Å². The predicted molar refractivity (Wildman–Crippen MR) is 124 cm³/mol. The summed E-state index contributed by atoms with van der Waals surface area (Å²) in [5, 5.41) is 6.34. The van der Waals surface area contributed by atoms with E-state index >= 15 is 0 Å². The summed E-state index contributed by atoms with van der Waals surface area (Å²) in [5.41, 5.74) is 8.11. The highest BCUT2D eigenvalue weighted by Crippen LogP contribution is 2.48. The fourth-order valence-electron chi connectivity index (χ4n) is 4.13. The molecule has 1 saturated heterocycles. The highest BCUT2D eigenvalue weighted by atomic mass is 31.2. The van der Waals surface area contributed by atoms with Crippen LogP contribution in [0.15, 0.2) is 20.9 Å². The minimum Gasteiger partial charge on any atom is -0.468 e. The number of H-pyrrole nitrogens is 1. The van der Waals surface area contributed by atoms with Gasteiger partial charge in [0.05, 0.1) is 32.0 Å². The Morgan fingerprint density at radius 1 is 1.40 bits per heavy atom. The van der Waals surface area contributed by atoms with Crippen LogP contribution in [0.2, 0.25) is 0 Å². The third kappa shape index (κ3) is 7.03. The van der Waals surface area contributed by atoms with E-state index in [1.807, 2.05) is 0 Å². The van der Waals surface area contributed by atoms with E-state index in [1.165, 1.54) is 24.8 Å². The van der Waals surface area contributed by atoms with Crippen LogP contribution in [-0.4, -0.2) is 53.5 Å². The predicted octanol–water partition coefficient (Wildman–Crippen LogP) is 2.44. The Labute approximate surface area is 201 Å². The lowest BCUT2D eigenvalue weighted by atomic mass is 9.98. The van der Waals surface area contributed by atoms with E-state index < -0.39 is 49.4 Å². The largest absolute Gasteiger partial charge is 0.468 e. The van der Waals surface area contributed by atoms with Gasteiger partial charge in [0.2, 0.25) is 0 Å². The number of esters is 1. The molecule has 1 aliphatic heterocycles. The van der Waals surface area contributed by atoms with Crippen LogP contribution in [0.1, 0.15) is 57.2 Å². The number of aromatic nitrogens is 2. The first-order valence-corrected chi connectivity index (χ1v) is 13.0. The molecule has 2 aliphatic rings. The molecule has 1 unspecified atom stereocenters. The molecule has 0 amide bonds. The molecule has 2 fully saturated rings. The Kier molecular flexibility index (Phi) is 9.28. The quantitative estimate of drug-likeness (QED) is 0.155. The third-order valence-electron chi connectivity index (χ3n) is 6.02. The Hall–Kier alpha value is -2.47. The zero-order valence-electron chi connectivity index (χ0n) is 19.9. The van der Waals surface area contributed by atoms with Crippen molar-refractivity contribution in [3.63, 3.8) is 0 Å². The van der Waals surface area contributed by atoms with Crippen LogP contribution in [0.4, 0.5) is 0 Å². The maximum absolute atomic E-state index is 13.6. The number of rotatable bonds is 10. The number of aromatic amines is 1. The topological polar surface area (TPSA) is 187 Å². The molecule has 1 aromatic rings. The van der Waals surface area contributed by atoms with Gasteiger partial charge < -0.3 is 9.47 Å². The molecule has 1 aromatic heterocycles. The van der Waals surface area contributed by atoms with Crippen LogP contribution in [0.3, 0.4) is 0 Å². The van der Waals surface area contributed by atoms with Crippen molar-refractivity contribution >= 4 is 13.7 Å². The van der Waals surface area contributed by atoms with E-state index in [-0.39, 0.29) is 19.1 Å². The highest BCUT2D eigenvalue weighted by Gasteiger charge is 2.40. The number of azide groups is 1. The standard InChI is InChI=1S/C20H31N6O8P/c1-12-10-26(20(29)22-18(12)27)17-9-15(23-25-21)16(33-17)11-32-35(30,24-13(2)19(28)31-3)34-14-7-5-4-6-8-14/h10,13-17H,4-9,11H2,1-3H3,(H,24,30)(H,22,27,29)/t13-,15-,16+,17+,35?/m0/s1. The molecule has 0 aromatic carbocycles. The van der Waals surface area contributed by atoms with Crippen molar-refractivity contribution in [1.29, 1.82) is 0 Å². The number of hydrogen-bond acceptors (Lipinski definition) is 9. The second kappa shape index (κ2) is 12.0. The third-order valence-corrected chi connectivity index (χ3v) is 7.78. The van der Waals surface area contributed by atoms with E-state index in [4.69, 9.17) is 24.1 Å². The summed E-state index contributed by atoms with van der Waals surface area (Å²) < 4.78 is 36.9. The molecule has 0 bridgehead atoms. The van der Waals surface area contributed by atoms with Gasteiger partial charge in [-0.15, -0.1) is 0 Å². The van der Waals surface area contributed by atoms with Gasteiger partial charge in [-0.1, -0.05) is 24.4 Å². The smallest absolute Gasteiger partial charge is 0.406 e. The van der Waals surface area contributed by atoms with Crippen molar-refractivity contribution in [3.05, 3.63) is 43.0 Å². The molecule has 0 radical (unpaired) electrons. The van der Waals surface area contributed by atoms with Gasteiger partial charge in [-0.05, 0) is 32.2 Å². The van der Waals surface area contributed by atoms with Gasteiger partial charge in [-0.3, -0.25) is 28.2 Å². The minimum absolute atomic E-state index is 0.128. The van der Waals surface area contributed by atoms with Crippen molar-refractivity contribution in [3.8, 4) is 0 Å². The summed E-state index contributed by atoms with van der Waals surface area (Å²) >= 11 is 0. The SMILES string of the molecule is COC(=O)[C@H](C)NP(=O)(OC[C@H]1O[C@@H](n2cc(C)c(=O)[nH]c2=O)C[C@@H]1N=[N+]=[N-])OC1CCCCC1. The molecule has 15 heteroatoms. The Morgan fingerprint density at radius 2 is 2.11 bits per heavy atom. The highest BCUT2D eigenvalue weighted by molar-refractivity contribution is 7.51. The summed E-state index contributed by atoms with van der Waals surface area (Å²) in [6.45, 7) is 2.71. The lowest BCUT2D eigenvalue weighted by Gasteiger charge is -2.29. The molecule has 0 spiro atoms. The molecule has 14 nitrogen and oxygen atoms in total. The summed E-state index contributed by atoms with van der Waals surface area (Å²) in [5.74, 6) is -0.641. The van der Waals surface area contributed by atoms with E-state index in [0.717, 1.165) is 19.3 Å². The van der Waals surface area contributed by atoms with Crippen molar-refractivity contribution < 1.29 is 27.9 Å². The number of hydrogen-bond donors (Lipinski definition) is 2. The Morgan fingerprint density at radius 3 is 2.77 bits per heavy atom. The van der Waals surface area contributed by atoms with Gasteiger partial charge in [-0.2, -0.15) is 0 Å². The lowest BCUT2D eigenvalue weighted by molar-refractivity contribution is -0.142. The van der Waals surface area contributed by atoms with E-state index in [1.54, 1.807) is 6.92 Å². The van der Waals surface area contributed by atoms with Crippen LogP contribution < -0.4 is 16.3 Å². The van der Waals surface area contributed by atoms with Crippen molar-refractivity contribution in [2.45, 2.75) is 82.9 Å². The van der Waals surface area contributed by atoms with Gasteiger partial charge >= 0.3 is 19.4 Å². The van der Waals surface area contributed by atoms with Crippen LogP contribution in [0.25, 0.3) is 10.4 Å². The minimum atomic E-state index is -4.01. The molecule has 2 heterocycles. The molecule has 35 heavy (non-hydrogen) atoms. The van der Waals surface area contributed by atoms with Gasteiger partial charge in [0.25, 0.3) is 5.56 Å². The number of ether oxygens (including phenoxy) is 2. The van der Waals surface area contributed by atoms with Crippen molar-refractivity contribution in [2.75, 3.05) is 13.7 Å². The Bertz CT molecular complexity index is 1110. The van der Waals surface area contributed by atoms with E-state index in [2.05, 4.69) is 20.1 Å². The number of nitrogens with zero attached hydrogens (tertiary/aromatic N) is 4. The van der Waals surface area contributed by atoms with E-state index in [0.29, 0.717) is 18.4 Å². The van der Waals surface area contributed by atoms with Gasteiger partial charge in [0, 0.05) is 23.1 Å². The van der Waals surface area contributed by atoms with Crippen LogP contribution in [0, 0.1) is 6.92 Å². The second-order valence-corrected chi connectivity index (χ2v) is 10.4. The van der Waals surface area contributed by atoms with Crippen LogP contribution >= 0.6 is 7.75 Å². The fourth-order valence-corrected chi connectivity index (χ4v) is 5.85. The summed E-state index contributed by atoms with van der Waals surface area (Å²) in [7, 11) is -2.79. The zero-order valence-corrected chi connectivity index (χ0v) is 20.8. The molecular formula is C20H31N6O8P. The first kappa shape index (κ1) is 27.1. The number of carbonyl (C=O) groups is 1. The first-order valence-electron chi connectivity index (χ1n) is 11.5. The molecule has 1 saturated carbocycles. The normalized spacial score (nSPS) is 25.4. The average Bonchev–Trinajstić information content (AvgIpc) is 3.23. The Balaban J connectivity index is 1.77. The number of aryl methyl sites for hydroxylation is 1. The summed E-state index contributed by atoms with van der Waals surface area (Å²) in [6.07, 6.45) is 3.80. The molecule has 3 rings (SSSR count). The van der Waals surface area contributed by atoms with E-state index in [9.17, 15) is 18.9 Å². The second-order valence-electron chi connectivity index (χ2n) is 8.65. The first-order chi connectivity index (χ1) is 16.7. The van der Waals surface area contributed by atoms with Crippen LogP contribution in [0.5, 0.6) is 0 Å². The van der Waals surface area contributed by atoms with Crippen molar-refractivity contribution in [1.82, 2.24) is 14.6 Å². The fraction of sp³-hybridized carbons (Fsp3) is 0.750. The van der Waals surface area contributed by atoms with Gasteiger partial charge in [0.15, 0.2) is 0 Å². The van der Waals surface area contributed by atoms with Gasteiger partial charge in [0.1, 0.15) is 12.3 Å².